The Hall–Kier alpha value is -6.07. The minimum Gasteiger partial charge on any atom is -0.306 e. The molecule has 0 aliphatic carbocycles. The molecule has 8 aromatic rings. The molecule has 0 bridgehead atoms. The number of hydrogen-bond acceptors (Lipinski definition) is 4. The summed E-state index contributed by atoms with van der Waals surface area (Å²) in [6, 6.07) is 49.3. The van der Waals surface area contributed by atoms with Gasteiger partial charge >= 0.3 is 0 Å². The smallest absolute Gasteiger partial charge is 0.164 e. The Labute approximate surface area is 272 Å². The second-order valence-electron chi connectivity index (χ2n) is 12.9. The molecule has 6 aromatic carbocycles. The third-order valence-corrected chi connectivity index (χ3v) is 9.94. The van der Waals surface area contributed by atoms with Gasteiger partial charge in [0.05, 0.1) is 33.8 Å². The van der Waals surface area contributed by atoms with Gasteiger partial charge in [-0.05, 0) is 47.5 Å². The molecule has 0 saturated heterocycles. The maximum absolute atomic E-state index is 5.03. The maximum atomic E-state index is 5.03. The van der Waals surface area contributed by atoms with Gasteiger partial charge in [-0.1, -0.05) is 117 Å². The maximum Gasteiger partial charge on any atom is 0.164 e. The molecule has 2 aromatic heterocycles. The zero-order chi connectivity index (χ0) is 31.3. The minimum atomic E-state index is -0.133. The number of hydrogen-bond donors (Lipinski definition) is 0. The van der Waals surface area contributed by atoms with E-state index in [-0.39, 0.29) is 5.41 Å². The van der Waals surface area contributed by atoms with Gasteiger partial charge in [0.1, 0.15) is 0 Å². The first-order valence-corrected chi connectivity index (χ1v) is 16.1. The molecule has 5 heteroatoms. The molecule has 5 nitrogen and oxygen atoms in total. The Morgan fingerprint density at radius 1 is 0.468 bits per heavy atom. The van der Waals surface area contributed by atoms with Crippen LogP contribution in [0.1, 0.15) is 25.0 Å². The average Bonchev–Trinajstić information content (AvgIpc) is 3.47. The summed E-state index contributed by atoms with van der Waals surface area (Å²) in [5, 5.41) is 2.38. The predicted molar refractivity (Wildman–Crippen MR) is 191 cm³/mol. The first-order valence-electron chi connectivity index (χ1n) is 16.1. The molecule has 2 aliphatic heterocycles. The Morgan fingerprint density at radius 3 is 1.77 bits per heavy atom. The van der Waals surface area contributed by atoms with Crippen molar-refractivity contribution in [3.63, 3.8) is 0 Å². The third-order valence-electron chi connectivity index (χ3n) is 9.94. The van der Waals surface area contributed by atoms with Crippen molar-refractivity contribution in [2.45, 2.75) is 19.3 Å². The number of anilines is 3. The molecule has 47 heavy (non-hydrogen) atoms. The van der Waals surface area contributed by atoms with Crippen LogP contribution in [0.5, 0.6) is 0 Å². The fourth-order valence-corrected chi connectivity index (χ4v) is 7.72. The van der Waals surface area contributed by atoms with Crippen LogP contribution in [-0.4, -0.2) is 19.5 Å². The van der Waals surface area contributed by atoms with Crippen molar-refractivity contribution in [2.24, 2.45) is 0 Å². The summed E-state index contributed by atoms with van der Waals surface area (Å²) in [4.78, 5) is 17.4. The lowest BCUT2D eigenvalue weighted by atomic mass is 9.73. The van der Waals surface area contributed by atoms with Gasteiger partial charge in [-0.2, -0.15) is 0 Å². The highest BCUT2D eigenvalue weighted by Crippen LogP contribution is 2.58. The highest BCUT2D eigenvalue weighted by atomic mass is 15.2. The summed E-state index contributed by atoms with van der Waals surface area (Å²) in [6.45, 7) is 4.69. The van der Waals surface area contributed by atoms with Gasteiger partial charge in [0.25, 0.3) is 0 Å². The first kappa shape index (κ1) is 26.2. The lowest BCUT2D eigenvalue weighted by molar-refractivity contribution is 0.630. The molecule has 0 fully saturated rings. The zero-order valence-electron chi connectivity index (χ0n) is 26.0. The number of nitrogens with zero attached hydrogens (tertiary/aromatic N) is 5. The van der Waals surface area contributed by atoms with Crippen molar-refractivity contribution < 1.29 is 0 Å². The van der Waals surface area contributed by atoms with Gasteiger partial charge < -0.3 is 9.47 Å². The van der Waals surface area contributed by atoms with E-state index in [2.05, 4.69) is 102 Å². The quantitative estimate of drug-likeness (QED) is 0.202. The summed E-state index contributed by atoms with van der Waals surface area (Å²) < 4.78 is 2.46. The molecule has 0 spiro atoms. The minimum absolute atomic E-state index is 0.133. The molecule has 2 aliphatic rings. The first-order chi connectivity index (χ1) is 23.1. The summed E-state index contributed by atoms with van der Waals surface area (Å²) in [5.74, 6) is 1.98. The molecule has 0 atom stereocenters. The van der Waals surface area contributed by atoms with Crippen LogP contribution in [0.3, 0.4) is 0 Å². The van der Waals surface area contributed by atoms with Crippen LogP contribution in [0, 0.1) is 0 Å². The summed E-state index contributed by atoms with van der Waals surface area (Å²) in [6.07, 6.45) is 0. The fourth-order valence-electron chi connectivity index (χ4n) is 7.72. The van der Waals surface area contributed by atoms with E-state index in [1.165, 1.54) is 55.7 Å². The Bertz CT molecular complexity index is 2490. The van der Waals surface area contributed by atoms with E-state index in [0.29, 0.717) is 17.5 Å². The lowest BCUT2D eigenvalue weighted by Crippen LogP contribution is -2.33. The highest BCUT2D eigenvalue weighted by molar-refractivity contribution is 6.18. The van der Waals surface area contributed by atoms with E-state index in [1.54, 1.807) is 0 Å². The molecule has 4 heterocycles. The SMILES string of the molecule is CC1(C)c2ccccc2N2c3c(cccc31)-n1c3ccc(-c4nc(-c5ccccc5)nc(-c5ccccc5)n4)cc3c3cccc2c31. The van der Waals surface area contributed by atoms with Crippen LogP contribution in [0.4, 0.5) is 17.1 Å². The van der Waals surface area contributed by atoms with E-state index in [4.69, 9.17) is 15.0 Å². The van der Waals surface area contributed by atoms with Gasteiger partial charge in [-0.25, -0.2) is 15.0 Å². The van der Waals surface area contributed by atoms with E-state index < -0.39 is 0 Å². The highest BCUT2D eigenvalue weighted by Gasteiger charge is 2.41. The van der Waals surface area contributed by atoms with Crippen LogP contribution in [0.25, 0.3) is 61.7 Å². The lowest BCUT2D eigenvalue weighted by Gasteiger charge is -2.45. The van der Waals surface area contributed by atoms with Crippen LogP contribution < -0.4 is 4.90 Å². The normalized spacial score (nSPS) is 13.9. The molecular weight excluding hydrogens is 574 g/mol. The number of aromatic nitrogens is 4. The topological polar surface area (TPSA) is 46.8 Å². The van der Waals surface area contributed by atoms with E-state index >= 15 is 0 Å². The molecule has 222 valence electrons. The van der Waals surface area contributed by atoms with Gasteiger partial charge in [0.15, 0.2) is 17.5 Å². The second kappa shape index (κ2) is 9.47. The molecule has 0 radical (unpaired) electrons. The van der Waals surface area contributed by atoms with Crippen molar-refractivity contribution in [1.82, 2.24) is 19.5 Å². The van der Waals surface area contributed by atoms with Gasteiger partial charge in [-0.15, -0.1) is 0 Å². The summed E-state index contributed by atoms with van der Waals surface area (Å²) in [7, 11) is 0. The van der Waals surface area contributed by atoms with Gasteiger partial charge in [0, 0.05) is 32.9 Å². The number of para-hydroxylation sites is 3. The van der Waals surface area contributed by atoms with E-state index in [1.807, 2.05) is 60.7 Å². The van der Waals surface area contributed by atoms with Crippen LogP contribution in [-0.2, 0) is 5.41 Å². The van der Waals surface area contributed by atoms with Crippen molar-refractivity contribution in [3.05, 3.63) is 151 Å². The number of fused-ring (bicyclic) bond motifs is 7. The number of rotatable bonds is 3. The van der Waals surface area contributed by atoms with Crippen molar-refractivity contribution in [1.29, 1.82) is 0 Å². The average molecular weight is 604 g/mol. The van der Waals surface area contributed by atoms with Crippen LogP contribution in [0.15, 0.2) is 140 Å². The second-order valence-corrected chi connectivity index (χ2v) is 12.9. The van der Waals surface area contributed by atoms with Crippen molar-refractivity contribution >= 4 is 38.9 Å². The summed E-state index contributed by atoms with van der Waals surface area (Å²) >= 11 is 0. The fraction of sp³-hybridized carbons (Fsp3) is 0.0714. The molecule has 10 rings (SSSR count). The van der Waals surface area contributed by atoms with Gasteiger partial charge in [-0.3, -0.25) is 0 Å². The third kappa shape index (κ3) is 3.62. The molecular formula is C42H29N5. The predicted octanol–water partition coefficient (Wildman–Crippen LogP) is 10.4. The molecule has 0 unspecified atom stereocenters. The zero-order valence-corrected chi connectivity index (χ0v) is 26.0. The van der Waals surface area contributed by atoms with Crippen LogP contribution in [0.2, 0.25) is 0 Å². The van der Waals surface area contributed by atoms with Crippen LogP contribution >= 0.6 is 0 Å². The Balaban J connectivity index is 1.24. The molecule has 0 amide bonds. The Morgan fingerprint density at radius 2 is 1.04 bits per heavy atom. The Kier molecular flexibility index (Phi) is 5.28. The molecule has 0 saturated carbocycles. The van der Waals surface area contributed by atoms with E-state index in [9.17, 15) is 0 Å². The monoisotopic (exact) mass is 603 g/mol. The van der Waals surface area contributed by atoms with Gasteiger partial charge in [0.2, 0.25) is 0 Å². The largest absolute Gasteiger partial charge is 0.306 e. The van der Waals surface area contributed by atoms with Crippen molar-refractivity contribution in [2.75, 3.05) is 4.90 Å². The van der Waals surface area contributed by atoms with Crippen molar-refractivity contribution in [3.8, 4) is 39.9 Å². The summed E-state index contributed by atoms with van der Waals surface area (Å²) in [5.41, 5.74) is 12.7. The van der Waals surface area contributed by atoms with E-state index in [0.717, 1.165) is 16.7 Å². The molecule has 0 N–H and O–H groups in total. The number of benzene rings is 6. The standard InChI is InChI=1S/C42H29N5/c1-42(2)31-18-9-10-20-34(31)47-35-21-11-17-29-30-25-28(23-24-33(30)46(37(29)35)36-22-12-19-32(42)38(36)47)41-44-39(26-13-5-3-6-14-26)43-40(45-41)27-15-7-4-8-16-27/h3-25H,1-2H3.